The molecule has 5 nitrogen and oxygen atoms in total. The van der Waals surface area contributed by atoms with E-state index in [-0.39, 0.29) is 6.10 Å². The molecule has 1 aromatic rings. The molecule has 1 aliphatic rings. The van der Waals surface area contributed by atoms with Gasteiger partial charge in [0.2, 0.25) is 0 Å². The maximum absolute atomic E-state index is 9.60. The number of aliphatic hydroxyl groups excluding tert-OH is 1. The largest absolute Gasteiger partial charge is 0.389 e. The summed E-state index contributed by atoms with van der Waals surface area (Å²) in [7, 11) is 1.76. The average Bonchev–Trinajstić information content (AvgIpc) is 2.46. The Hall–Kier alpha value is -1.23. The van der Waals surface area contributed by atoms with Crippen LogP contribution in [0, 0.1) is 0 Å². The van der Waals surface area contributed by atoms with E-state index >= 15 is 0 Å². The summed E-state index contributed by atoms with van der Waals surface area (Å²) in [4.78, 5) is 1.46. The van der Waals surface area contributed by atoms with Crippen molar-refractivity contribution in [1.29, 1.82) is 0 Å². The van der Waals surface area contributed by atoms with Gasteiger partial charge >= 0.3 is 0 Å². The predicted molar refractivity (Wildman–Crippen MR) is 55.1 cm³/mol. The lowest BCUT2D eigenvalue weighted by Crippen LogP contribution is -2.02. The van der Waals surface area contributed by atoms with E-state index in [1.807, 2.05) is 6.08 Å². The summed E-state index contributed by atoms with van der Waals surface area (Å²) in [5, 5.41) is 21.5. The van der Waals surface area contributed by atoms with Crippen LogP contribution in [0.3, 0.4) is 0 Å². The fourth-order valence-electron chi connectivity index (χ4n) is 1.89. The Morgan fingerprint density at radius 3 is 3.13 bits per heavy atom. The number of rotatable bonds is 2. The molecular formula is C10H16N4O. The van der Waals surface area contributed by atoms with Gasteiger partial charge in [-0.25, -0.2) is 0 Å². The topological polar surface area (TPSA) is 63.8 Å². The third-order valence-electron chi connectivity index (χ3n) is 2.61. The molecule has 0 saturated carbocycles. The summed E-state index contributed by atoms with van der Waals surface area (Å²) < 4.78 is 0. The number of tetrazole rings is 1. The van der Waals surface area contributed by atoms with Crippen LogP contribution in [0.25, 0.3) is 0 Å². The third-order valence-corrected chi connectivity index (χ3v) is 2.61. The quantitative estimate of drug-likeness (QED) is 0.723. The van der Waals surface area contributed by atoms with Crippen molar-refractivity contribution in [3.63, 3.8) is 0 Å². The van der Waals surface area contributed by atoms with E-state index in [4.69, 9.17) is 0 Å². The van der Waals surface area contributed by atoms with Crippen molar-refractivity contribution in [2.45, 2.75) is 38.2 Å². The molecule has 0 spiro atoms. The Morgan fingerprint density at radius 2 is 2.40 bits per heavy atom. The second-order valence-electron chi connectivity index (χ2n) is 4.01. The van der Waals surface area contributed by atoms with Gasteiger partial charge in [-0.2, -0.15) is 4.80 Å². The van der Waals surface area contributed by atoms with Crippen LogP contribution in [0.5, 0.6) is 0 Å². The number of aryl methyl sites for hydroxylation is 1. The standard InChI is InChI=1S/C10H16N4O/c1-14-12-10(11-13-14)7-8-4-2-3-5-9(15)6-8/h6,9,15H,2-5,7H2,1H3. The second-order valence-corrected chi connectivity index (χ2v) is 4.01. The van der Waals surface area contributed by atoms with Crippen molar-refractivity contribution in [1.82, 2.24) is 20.2 Å². The molecule has 2 rings (SSSR count). The number of allylic oxidation sites excluding steroid dienone is 1. The molecule has 15 heavy (non-hydrogen) atoms. The van der Waals surface area contributed by atoms with Crippen LogP contribution in [-0.4, -0.2) is 31.4 Å². The second kappa shape index (κ2) is 4.53. The SMILES string of the molecule is Cn1nnc(CC2=CC(O)CCCC2)n1. The molecule has 82 valence electrons. The average molecular weight is 208 g/mol. The van der Waals surface area contributed by atoms with Crippen LogP contribution < -0.4 is 0 Å². The number of nitrogens with zero attached hydrogens (tertiary/aromatic N) is 4. The molecule has 1 N–H and O–H groups in total. The maximum atomic E-state index is 9.60. The molecule has 0 bridgehead atoms. The molecule has 0 aliphatic heterocycles. The van der Waals surface area contributed by atoms with Gasteiger partial charge in [-0.1, -0.05) is 18.1 Å². The molecule has 0 fully saturated rings. The van der Waals surface area contributed by atoms with Crippen LogP contribution in [-0.2, 0) is 13.5 Å². The number of hydrogen-bond donors (Lipinski definition) is 1. The van der Waals surface area contributed by atoms with Gasteiger partial charge in [-0.15, -0.1) is 10.2 Å². The van der Waals surface area contributed by atoms with E-state index < -0.39 is 0 Å². The van der Waals surface area contributed by atoms with Crippen molar-refractivity contribution in [2.24, 2.45) is 7.05 Å². The Bertz CT molecular complexity index is 358. The predicted octanol–water partition coefficient (Wildman–Crippen LogP) is 0.614. The zero-order chi connectivity index (χ0) is 10.7. The van der Waals surface area contributed by atoms with Crippen molar-refractivity contribution < 1.29 is 5.11 Å². The first-order valence-electron chi connectivity index (χ1n) is 5.34. The Balaban J connectivity index is 2.04. The van der Waals surface area contributed by atoms with Gasteiger partial charge < -0.3 is 5.11 Å². The fourth-order valence-corrected chi connectivity index (χ4v) is 1.89. The molecule has 1 unspecified atom stereocenters. The summed E-state index contributed by atoms with van der Waals surface area (Å²) in [5.41, 5.74) is 1.23. The van der Waals surface area contributed by atoms with Crippen LogP contribution in [0.2, 0.25) is 0 Å². The smallest absolute Gasteiger partial charge is 0.178 e. The lowest BCUT2D eigenvalue weighted by molar-refractivity contribution is 0.211. The summed E-state index contributed by atoms with van der Waals surface area (Å²) >= 11 is 0. The molecule has 0 amide bonds. The van der Waals surface area contributed by atoms with Gasteiger partial charge in [0.25, 0.3) is 0 Å². The molecule has 1 aromatic heterocycles. The van der Waals surface area contributed by atoms with Crippen molar-refractivity contribution in [3.8, 4) is 0 Å². The van der Waals surface area contributed by atoms with Crippen molar-refractivity contribution in [2.75, 3.05) is 0 Å². The van der Waals surface area contributed by atoms with Crippen LogP contribution in [0.1, 0.15) is 31.5 Å². The summed E-state index contributed by atoms with van der Waals surface area (Å²) in [5.74, 6) is 0.734. The minimum Gasteiger partial charge on any atom is -0.389 e. The lowest BCUT2D eigenvalue weighted by Gasteiger charge is -2.02. The van der Waals surface area contributed by atoms with Crippen molar-refractivity contribution in [3.05, 3.63) is 17.5 Å². The van der Waals surface area contributed by atoms with Gasteiger partial charge in [0.1, 0.15) is 0 Å². The van der Waals surface area contributed by atoms with E-state index in [1.54, 1.807) is 7.05 Å². The summed E-state index contributed by atoms with van der Waals surface area (Å²) in [6.07, 6.45) is 6.51. The van der Waals surface area contributed by atoms with Crippen LogP contribution in [0.4, 0.5) is 0 Å². The van der Waals surface area contributed by atoms with Gasteiger partial charge in [0.15, 0.2) is 5.82 Å². The first-order chi connectivity index (χ1) is 7.24. The normalized spacial score (nSPS) is 22.3. The summed E-state index contributed by atoms with van der Waals surface area (Å²) in [6.45, 7) is 0. The highest BCUT2D eigenvalue weighted by Gasteiger charge is 2.11. The van der Waals surface area contributed by atoms with Gasteiger partial charge in [-0.05, 0) is 24.5 Å². The Morgan fingerprint density at radius 1 is 1.53 bits per heavy atom. The summed E-state index contributed by atoms with van der Waals surface area (Å²) in [6, 6.07) is 0. The monoisotopic (exact) mass is 208 g/mol. The number of aromatic nitrogens is 4. The maximum Gasteiger partial charge on any atom is 0.178 e. The zero-order valence-corrected chi connectivity index (χ0v) is 8.93. The first kappa shape index (κ1) is 10.3. The van der Waals surface area contributed by atoms with Crippen LogP contribution in [0.15, 0.2) is 11.6 Å². The highest BCUT2D eigenvalue weighted by atomic mass is 16.3. The Labute approximate surface area is 88.8 Å². The van der Waals surface area contributed by atoms with E-state index in [2.05, 4.69) is 15.4 Å². The fraction of sp³-hybridized carbons (Fsp3) is 0.700. The minimum atomic E-state index is -0.292. The number of hydrogen-bond acceptors (Lipinski definition) is 4. The minimum absolute atomic E-state index is 0.292. The van der Waals surface area contributed by atoms with E-state index in [0.717, 1.165) is 31.5 Å². The molecule has 0 saturated heterocycles. The van der Waals surface area contributed by atoms with Gasteiger partial charge in [-0.3, -0.25) is 0 Å². The van der Waals surface area contributed by atoms with Crippen LogP contribution >= 0.6 is 0 Å². The molecular weight excluding hydrogens is 192 g/mol. The molecule has 5 heteroatoms. The lowest BCUT2D eigenvalue weighted by atomic mass is 10.1. The van der Waals surface area contributed by atoms with E-state index in [1.165, 1.54) is 10.4 Å². The van der Waals surface area contributed by atoms with Gasteiger partial charge in [0.05, 0.1) is 13.2 Å². The molecule has 1 aliphatic carbocycles. The van der Waals surface area contributed by atoms with Gasteiger partial charge in [0, 0.05) is 6.42 Å². The molecule has 0 radical (unpaired) electrons. The first-order valence-corrected chi connectivity index (χ1v) is 5.34. The number of aliphatic hydroxyl groups is 1. The molecule has 1 atom stereocenters. The highest BCUT2D eigenvalue weighted by molar-refractivity contribution is 5.11. The van der Waals surface area contributed by atoms with E-state index in [9.17, 15) is 5.11 Å². The third kappa shape index (κ3) is 2.86. The van der Waals surface area contributed by atoms with E-state index in [0.29, 0.717) is 6.42 Å². The van der Waals surface area contributed by atoms with Crippen molar-refractivity contribution >= 4 is 0 Å². The highest BCUT2D eigenvalue weighted by Crippen LogP contribution is 2.19. The molecule has 0 aromatic carbocycles. The zero-order valence-electron chi connectivity index (χ0n) is 8.93. The molecule has 1 heterocycles. The Kier molecular flexibility index (Phi) is 3.11.